The summed E-state index contributed by atoms with van der Waals surface area (Å²) in [5.74, 6) is -0.873. The predicted octanol–water partition coefficient (Wildman–Crippen LogP) is 4.71. The molecule has 4 rings (SSSR count). The fourth-order valence-corrected chi connectivity index (χ4v) is 3.43. The highest BCUT2D eigenvalue weighted by Gasteiger charge is 2.20. The van der Waals surface area contributed by atoms with Gasteiger partial charge in [0.15, 0.2) is 5.69 Å². The van der Waals surface area contributed by atoms with Crippen LogP contribution in [0.1, 0.15) is 39.2 Å². The van der Waals surface area contributed by atoms with Crippen LogP contribution in [-0.4, -0.2) is 33.4 Å². The number of benzene rings is 2. The van der Waals surface area contributed by atoms with E-state index in [-0.39, 0.29) is 24.0 Å². The van der Waals surface area contributed by atoms with Crippen LogP contribution in [0.5, 0.6) is 0 Å². The van der Waals surface area contributed by atoms with Crippen molar-refractivity contribution in [1.82, 2.24) is 14.9 Å². The van der Waals surface area contributed by atoms with Crippen molar-refractivity contribution in [2.24, 2.45) is 0 Å². The quantitative estimate of drug-likeness (QED) is 0.429. The minimum atomic E-state index is -0.567. The number of anilines is 1. The molecule has 0 unspecified atom stereocenters. The number of aromatic nitrogens is 3. The molecular formula is C24H21FN4O4. The van der Waals surface area contributed by atoms with E-state index in [1.807, 2.05) is 6.07 Å². The first-order valence-electron chi connectivity index (χ1n) is 10.2. The van der Waals surface area contributed by atoms with Crippen LogP contribution in [0.2, 0.25) is 0 Å². The monoisotopic (exact) mass is 448 g/mol. The summed E-state index contributed by atoms with van der Waals surface area (Å²) in [5.41, 5.74) is 3.32. The lowest BCUT2D eigenvalue weighted by molar-refractivity contribution is 0.0518. The Kier molecular flexibility index (Phi) is 6.03. The van der Waals surface area contributed by atoms with Crippen molar-refractivity contribution in [3.63, 3.8) is 0 Å². The van der Waals surface area contributed by atoms with Crippen LogP contribution in [0.4, 0.5) is 10.1 Å². The zero-order chi connectivity index (χ0) is 23.5. The van der Waals surface area contributed by atoms with E-state index in [1.165, 1.54) is 16.8 Å². The minimum Gasteiger partial charge on any atom is -0.461 e. The third kappa shape index (κ3) is 4.52. The molecule has 9 heteroatoms. The largest absolute Gasteiger partial charge is 0.461 e. The summed E-state index contributed by atoms with van der Waals surface area (Å²) in [6.45, 7) is 5.28. The van der Waals surface area contributed by atoms with Gasteiger partial charge in [0.05, 0.1) is 23.7 Å². The predicted molar refractivity (Wildman–Crippen MR) is 119 cm³/mol. The van der Waals surface area contributed by atoms with Crippen molar-refractivity contribution in [1.29, 1.82) is 0 Å². The topological polar surface area (TPSA) is 99.2 Å². The van der Waals surface area contributed by atoms with E-state index in [4.69, 9.17) is 9.26 Å². The number of hydrogen-bond acceptors (Lipinski definition) is 6. The second-order valence-corrected chi connectivity index (χ2v) is 7.26. The Balaban J connectivity index is 1.73. The summed E-state index contributed by atoms with van der Waals surface area (Å²) < 4.78 is 25.1. The fraction of sp³-hybridized carbons (Fsp3) is 0.167. The first-order chi connectivity index (χ1) is 15.9. The van der Waals surface area contributed by atoms with Crippen LogP contribution in [0.15, 0.2) is 59.1 Å². The molecule has 2 aromatic carbocycles. The van der Waals surface area contributed by atoms with Crippen LogP contribution in [0, 0.1) is 19.7 Å². The van der Waals surface area contributed by atoms with Gasteiger partial charge in [-0.3, -0.25) is 4.79 Å². The second kappa shape index (κ2) is 9.07. The SMILES string of the molecule is CCOC(=O)c1cc(-c2cccc(NC(=O)c3c(C)noc3C)c2)n(-c2ccc(F)cc2)n1. The van der Waals surface area contributed by atoms with Crippen molar-refractivity contribution < 1.29 is 23.2 Å². The van der Waals surface area contributed by atoms with E-state index < -0.39 is 5.97 Å². The van der Waals surface area contributed by atoms with Gasteiger partial charge in [0.1, 0.15) is 17.1 Å². The minimum absolute atomic E-state index is 0.112. The number of hydrogen-bond donors (Lipinski definition) is 1. The zero-order valence-corrected chi connectivity index (χ0v) is 18.3. The van der Waals surface area contributed by atoms with Crippen molar-refractivity contribution in [2.45, 2.75) is 20.8 Å². The summed E-state index contributed by atoms with van der Waals surface area (Å²) in [6, 6.07) is 14.4. The fourth-order valence-electron chi connectivity index (χ4n) is 3.43. The molecule has 33 heavy (non-hydrogen) atoms. The smallest absolute Gasteiger partial charge is 0.358 e. The maximum Gasteiger partial charge on any atom is 0.358 e. The summed E-state index contributed by atoms with van der Waals surface area (Å²) in [6.07, 6.45) is 0. The van der Waals surface area contributed by atoms with Gasteiger partial charge < -0.3 is 14.6 Å². The third-order valence-electron chi connectivity index (χ3n) is 4.94. The van der Waals surface area contributed by atoms with E-state index in [0.717, 1.165) is 0 Å². The highest BCUT2D eigenvalue weighted by atomic mass is 19.1. The van der Waals surface area contributed by atoms with E-state index >= 15 is 0 Å². The highest BCUT2D eigenvalue weighted by Crippen LogP contribution is 2.27. The molecular weight excluding hydrogens is 427 g/mol. The Hall–Kier alpha value is -4.27. The molecule has 0 spiro atoms. The van der Waals surface area contributed by atoms with Gasteiger partial charge in [0.2, 0.25) is 0 Å². The molecule has 2 heterocycles. The standard InChI is InChI=1S/C24H21FN4O4/c1-4-32-24(31)20-13-21(29(27-20)19-10-8-17(25)9-11-19)16-6-5-7-18(12-16)26-23(30)22-14(2)28-33-15(22)3/h5-13H,4H2,1-3H3,(H,26,30). The number of nitrogens with zero attached hydrogens (tertiary/aromatic N) is 3. The highest BCUT2D eigenvalue weighted by molar-refractivity contribution is 6.05. The Morgan fingerprint density at radius 2 is 1.88 bits per heavy atom. The van der Waals surface area contributed by atoms with Gasteiger partial charge >= 0.3 is 5.97 Å². The zero-order valence-electron chi connectivity index (χ0n) is 18.3. The number of ether oxygens (including phenoxy) is 1. The van der Waals surface area contributed by atoms with Crippen molar-refractivity contribution in [3.05, 3.63) is 83.1 Å². The van der Waals surface area contributed by atoms with Crippen LogP contribution in [0.3, 0.4) is 0 Å². The van der Waals surface area contributed by atoms with Crippen LogP contribution < -0.4 is 5.32 Å². The van der Waals surface area contributed by atoms with Crippen LogP contribution in [0.25, 0.3) is 16.9 Å². The lowest BCUT2D eigenvalue weighted by Crippen LogP contribution is -2.13. The Bertz CT molecular complexity index is 1310. The van der Waals surface area contributed by atoms with E-state index in [9.17, 15) is 14.0 Å². The van der Waals surface area contributed by atoms with Crippen LogP contribution >= 0.6 is 0 Å². The molecule has 1 N–H and O–H groups in total. The van der Waals surface area contributed by atoms with Gasteiger partial charge in [-0.05, 0) is 63.2 Å². The number of aryl methyl sites for hydroxylation is 2. The van der Waals surface area contributed by atoms with Crippen molar-refractivity contribution >= 4 is 17.6 Å². The van der Waals surface area contributed by atoms with Gasteiger partial charge in [-0.1, -0.05) is 17.3 Å². The third-order valence-corrected chi connectivity index (χ3v) is 4.94. The van der Waals surface area contributed by atoms with E-state index in [0.29, 0.717) is 39.6 Å². The molecule has 0 aliphatic carbocycles. The summed E-state index contributed by atoms with van der Waals surface area (Å²) >= 11 is 0. The second-order valence-electron chi connectivity index (χ2n) is 7.26. The van der Waals surface area contributed by atoms with Gasteiger partial charge in [-0.15, -0.1) is 0 Å². The normalized spacial score (nSPS) is 10.8. The molecule has 4 aromatic rings. The van der Waals surface area contributed by atoms with E-state index in [2.05, 4.69) is 15.6 Å². The number of nitrogens with one attached hydrogen (secondary N) is 1. The van der Waals surface area contributed by atoms with Gasteiger partial charge in [0, 0.05) is 11.3 Å². The maximum atomic E-state index is 13.5. The number of amides is 1. The Morgan fingerprint density at radius 3 is 2.55 bits per heavy atom. The molecule has 8 nitrogen and oxygen atoms in total. The first kappa shape index (κ1) is 21.9. The number of halogens is 1. The number of carbonyl (C=O) groups is 2. The number of carbonyl (C=O) groups excluding carboxylic acids is 2. The van der Waals surface area contributed by atoms with Crippen LogP contribution in [-0.2, 0) is 4.74 Å². The van der Waals surface area contributed by atoms with Crippen molar-refractivity contribution in [2.75, 3.05) is 11.9 Å². The summed E-state index contributed by atoms with van der Waals surface area (Å²) in [5, 5.41) is 11.0. The molecule has 168 valence electrons. The molecule has 0 saturated heterocycles. The van der Waals surface area contributed by atoms with Gasteiger partial charge in [0.25, 0.3) is 5.91 Å². The van der Waals surface area contributed by atoms with Gasteiger partial charge in [-0.2, -0.15) is 5.10 Å². The average molecular weight is 448 g/mol. The molecule has 0 bridgehead atoms. The molecule has 0 fully saturated rings. The molecule has 1 amide bonds. The van der Waals surface area contributed by atoms with Gasteiger partial charge in [-0.25, -0.2) is 13.9 Å². The molecule has 0 atom stereocenters. The lowest BCUT2D eigenvalue weighted by Gasteiger charge is -2.10. The molecule has 0 aliphatic heterocycles. The first-order valence-corrected chi connectivity index (χ1v) is 10.2. The van der Waals surface area contributed by atoms with Crippen molar-refractivity contribution in [3.8, 4) is 16.9 Å². The Labute approximate surface area is 189 Å². The molecule has 0 aliphatic rings. The Morgan fingerprint density at radius 1 is 1.12 bits per heavy atom. The average Bonchev–Trinajstić information content (AvgIpc) is 3.38. The molecule has 0 radical (unpaired) electrons. The lowest BCUT2D eigenvalue weighted by atomic mass is 10.1. The summed E-state index contributed by atoms with van der Waals surface area (Å²) in [7, 11) is 0. The molecule has 2 aromatic heterocycles. The van der Waals surface area contributed by atoms with E-state index in [1.54, 1.807) is 57.2 Å². The number of rotatable bonds is 6. The molecule has 0 saturated carbocycles. The maximum absolute atomic E-state index is 13.5. The number of esters is 1. The summed E-state index contributed by atoms with van der Waals surface area (Å²) in [4.78, 5) is 25.0.